The van der Waals surface area contributed by atoms with E-state index in [2.05, 4.69) is 27.0 Å². The van der Waals surface area contributed by atoms with Gasteiger partial charge in [0.2, 0.25) is 0 Å². The van der Waals surface area contributed by atoms with E-state index >= 15 is 0 Å². The molecule has 3 N–H and O–H groups in total. The number of hydrogen-bond donors (Lipinski definition) is 2. The summed E-state index contributed by atoms with van der Waals surface area (Å²) in [5, 5.41) is 17.1. The first-order valence-corrected chi connectivity index (χ1v) is 7.92. The van der Waals surface area contributed by atoms with Crippen molar-refractivity contribution in [3.8, 4) is 6.07 Å². The molecular formula is C18H21N7O. The Kier molecular flexibility index (Phi) is 5.64. The lowest BCUT2D eigenvalue weighted by Crippen LogP contribution is -2.40. The fraction of sp³-hybridized carbons (Fsp3) is 0.278. The molecule has 1 aromatic heterocycles. The van der Waals surface area contributed by atoms with Crippen LogP contribution in [-0.2, 0) is 4.79 Å². The van der Waals surface area contributed by atoms with Gasteiger partial charge in [-0.05, 0) is 23.1 Å². The fourth-order valence-corrected chi connectivity index (χ4v) is 2.27. The van der Waals surface area contributed by atoms with E-state index in [1.807, 2.05) is 20.8 Å². The topological polar surface area (TPSA) is 120 Å². The number of carbonyl (C=O) groups is 1. The fourth-order valence-electron chi connectivity index (χ4n) is 2.27. The molecule has 0 amide bonds. The Morgan fingerprint density at radius 1 is 1.46 bits per heavy atom. The summed E-state index contributed by atoms with van der Waals surface area (Å²) in [6.07, 6.45) is 8.13. The van der Waals surface area contributed by atoms with Crippen LogP contribution in [0.2, 0.25) is 0 Å². The SMILES string of the molecule is C=C1/C=C\C=N/N(N)C=C1c1nccc(NC(C(=O)C#N)C(C)(C)C)n1. The molecule has 0 bridgehead atoms. The second kappa shape index (κ2) is 7.72. The standard InChI is InChI=1S/C18H21N7O/c1-12-6-5-8-22-25(20)11-13(12)17-21-9-7-15(24-17)23-16(14(26)10-19)18(2,3)4/h5-9,11,16H,1,20H2,2-4H3,(H,21,23,24)/b6-5-,13-11?,22-8-. The predicted molar refractivity (Wildman–Crippen MR) is 100 cm³/mol. The Balaban J connectivity index is 2.38. The molecule has 2 heterocycles. The van der Waals surface area contributed by atoms with Gasteiger partial charge in [-0.1, -0.05) is 33.4 Å². The molecule has 0 fully saturated rings. The van der Waals surface area contributed by atoms with Crippen molar-refractivity contribution in [3.63, 3.8) is 0 Å². The number of nitrogens with zero attached hydrogens (tertiary/aromatic N) is 5. The van der Waals surface area contributed by atoms with Crippen LogP contribution in [0.4, 0.5) is 5.82 Å². The number of carbonyl (C=O) groups excluding carboxylic acids is 1. The van der Waals surface area contributed by atoms with Crippen LogP contribution in [0, 0.1) is 16.7 Å². The van der Waals surface area contributed by atoms with Crippen LogP contribution in [0.5, 0.6) is 0 Å². The maximum Gasteiger partial charge on any atom is 0.254 e. The number of hydrogen-bond acceptors (Lipinski definition) is 8. The Morgan fingerprint density at radius 3 is 2.85 bits per heavy atom. The van der Waals surface area contributed by atoms with E-state index in [9.17, 15) is 4.79 Å². The van der Waals surface area contributed by atoms with Gasteiger partial charge in [-0.15, -0.1) is 0 Å². The molecule has 0 aromatic carbocycles. The number of hydrazone groups is 1. The summed E-state index contributed by atoms with van der Waals surface area (Å²) in [4.78, 5) is 20.7. The molecule has 0 saturated heterocycles. The number of anilines is 1. The number of nitrogens with two attached hydrogens (primary N) is 1. The van der Waals surface area contributed by atoms with Gasteiger partial charge in [-0.3, -0.25) is 4.79 Å². The average Bonchev–Trinajstić information content (AvgIpc) is 2.58. The maximum absolute atomic E-state index is 12.0. The monoisotopic (exact) mass is 351 g/mol. The van der Waals surface area contributed by atoms with Gasteiger partial charge in [0.25, 0.3) is 5.78 Å². The second-order valence-electron chi connectivity index (χ2n) is 6.76. The molecule has 1 aliphatic heterocycles. The molecule has 1 aromatic rings. The Bertz CT molecular complexity index is 840. The van der Waals surface area contributed by atoms with Crippen LogP contribution in [0.25, 0.3) is 5.57 Å². The molecule has 2 rings (SSSR count). The summed E-state index contributed by atoms with van der Waals surface area (Å²) in [5.41, 5.74) is 0.777. The van der Waals surface area contributed by atoms with Crippen LogP contribution in [0.15, 0.2) is 47.9 Å². The van der Waals surface area contributed by atoms with E-state index < -0.39 is 17.2 Å². The summed E-state index contributed by atoms with van der Waals surface area (Å²) in [5.74, 6) is 5.99. The van der Waals surface area contributed by atoms with Crippen LogP contribution < -0.4 is 11.2 Å². The van der Waals surface area contributed by atoms with Gasteiger partial charge < -0.3 is 5.32 Å². The molecule has 8 heteroatoms. The van der Waals surface area contributed by atoms with Gasteiger partial charge in [-0.2, -0.15) is 10.4 Å². The van der Waals surface area contributed by atoms with Crippen molar-refractivity contribution in [2.45, 2.75) is 26.8 Å². The summed E-state index contributed by atoms with van der Waals surface area (Å²) in [6, 6.07) is 2.60. The van der Waals surface area contributed by atoms with Crippen molar-refractivity contribution in [1.82, 2.24) is 15.1 Å². The number of Topliss-reactive ketones (excluding diaryl/α,β-unsaturated/α-hetero) is 1. The summed E-state index contributed by atoms with van der Waals surface area (Å²) in [7, 11) is 0. The molecule has 26 heavy (non-hydrogen) atoms. The lowest BCUT2D eigenvalue weighted by atomic mass is 9.84. The lowest BCUT2D eigenvalue weighted by Gasteiger charge is -2.28. The zero-order valence-electron chi connectivity index (χ0n) is 15.0. The first-order chi connectivity index (χ1) is 12.2. The molecule has 1 atom stereocenters. The van der Waals surface area contributed by atoms with Gasteiger partial charge in [0.05, 0.1) is 6.20 Å². The van der Waals surface area contributed by atoms with Crippen LogP contribution in [0.3, 0.4) is 0 Å². The van der Waals surface area contributed by atoms with E-state index in [1.54, 1.807) is 42.9 Å². The normalized spacial score (nSPS) is 18.0. The van der Waals surface area contributed by atoms with Gasteiger partial charge in [-0.25, -0.2) is 20.9 Å². The zero-order chi connectivity index (χ0) is 19.3. The largest absolute Gasteiger partial charge is 0.359 e. The molecular weight excluding hydrogens is 330 g/mol. The molecule has 134 valence electrons. The third kappa shape index (κ3) is 4.62. The van der Waals surface area contributed by atoms with Crippen molar-refractivity contribution < 1.29 is 4.79 Å². The first-order valence-electron chi connectivity index (χ1n) is 7.92. The van der Waals surface area contributed by atoms with Crippen molar-refractivity contribution >= 4 is 23.4 Å². The Morgan fingerprint density at radius 2 is 2.19 bits per heavy atom. The van der Waals surface area contributed by atoms with Crippen molar-refractivity contribution in [2.24, 2.45) is 16.4 Å². The first kappa shape index (κ1) is 19.0. The van der Waals surface area contributed by atoms with E-state index in [1.165, 1.54) is 0 Å². The Labute approximate surface area is 152 Å². The van der Waals surface area contributed by atoms with E-state index in [4.69, 9.17) is 11.1 Å². The van der Waals surface area contributed by atoms with E-state index in [0.717, 1.165) is 5.12 Å². The Hall–Kier alpha value is -3.31. The highest BCUT2D eigenvalue weighted by Crippen LogP contribution is 2.25. The quantitative estimate of drug-likeness (QED) is 0.629. The second-order valence-corrected chi connectivity index (χ2v) is 6.76. The maximum atomic E-state index is 12.0. The molecule has 0 aliphatic carbocycles. The highest BCUT2D eigenvalue weighted by atomic mass is 16.1. The number of hydrazine groups is 1. The van der Waals surface area contributed by atoms with Crippen molar-refractivity contribution in [3.05, 3.63) is 48.6 Å². The summed E-state index contributed by atoms with van der Waals surface area (Å²) < 4.78 is 0. The van der Waals surface area contributed by atoms with Crippen LogP contribution in [0.1, 0.15) is 26.6 Å². The van der Waals surface area contributed by atoms with Gasteiger partial charge >= 0.3 is 0 Å². The predicted octanol–water partition coefficient (Wildman–Crippen LogP) is 2.02. The highest BCUT2D eigenvalue weighted by Gasteiger charge is 2.31. The molecule has 0 saturated carbocycles. The number of ketones is 1. The number of nitriles is 1. The summed E-state index contributed by atoms with van der Waals surface area (Å²) >= 11 is 0. The average molecular weight is 351 g/mol. The van der Waals surface area contributed by atoms with Crippen molar-refractivity contribution in [2.75, 3.05) is 5.32 Å². The van der Waals surface area contributed by atoms with Crippen LogP contribution >= 0.6 is 0 Å². The zero-order valence-corrected chi connectivity index (χ0v) is 15.0. The molecule has 1 unspecified atom stereocenters. The highest BCUT2D eigenvalue weighted by molar-refractivity contribution is 5.99. The minimum Gasteiger partial charge on any atom is -0.359 e. The number of rotatable bonds is 4. The molecule has 1 aliphatic rings. The van der Waals surface area contributed by atoms with Crippen molar-refractivity contribution in [1.29, 1.82) is 5.26 Å². The van der Waals surface area contributed by atoms with Gasteiger partial charge in [0, 0.05) is 18.0 Å². The van der Waals surface area contributed by atoms with E-state index in [-0.39, 0.29) is 0 Å². The minimum atomic E-state index is -0.708. The summed E-state index contributed by atoms with van der Waals surface area (Å²) in [6.45, 7) is 9.60. The molecule has 8 nitrogen and oxygen atoms in total. The number of allylic oxidation sites excluding steroid dienone is 4. The minimum absolute atomic E-state index is 0.370. The lowest BCUT2D eigenvalue weighted by molar-refractivity contribution is -0.116. The smallest absolute Gasteiger partial charge is 0.254 e. The van der Waals surface area contributed by atoms with Gasteiger partial charge in [0.15, 0.2) is 5.82 Å². The number of nitrogens with one attached hydrogen (secondary N) is 1. The van der Waals surface area contributed by atoms with E-state index in [0.29, 0.717) is 22.8 Å². The van der Waals surface area contributed by atoms with Crippen LogP contribution in [-0.4, -0.2) is 33.1 Å². The molecule has 0 spiro atoms. The third-order valence-electron chi connectivity index (χ3n) is 3.62. The number of aromatic nitrogens is 2. The van der Waals surface area contributed by atoms with Gasteiger partial charge in [0.1, 0.15) is 17.9 Å². The third-order valence-corrected chi connectivity index (χ3v) is 3.62. The molecule has 0 radical (unpaired) electrons.